The van der Waals surface area contributed by atoms with Crippen molar-refractivity contribution >= 4 is 0 Å². The molecule has 0 aromatic rings. The monoisotopic (exact) mass is 233 g/mol. The lowest BCUT2D eigenvalue weighted by Gasteiger charge is -2.49. The summed E-state index contributed by atoms with van der Waals surface area (Å²) < 4.78 is 0. The lowest BCUT2D eigenvalue weighted by Crippen LogP contribution is -3.39. The van der Waals surface area contributed by atoms with Crippen LogP contribution in [-0.2, 0) is 0 Å². The van der Waals surface area contributed by atoms with E-state index in [0.717, 1.165) is 12.8 Å². The molecule has 0 aliphatic heterocycles. The second kappa shape index (κ2) is 5.42. The molecule has 0 heterocycles. The van der Waals surface area contributed by atoms with Crippen LogP contribution in [0.5, 0.6) is 0 Å². The Morgan fingerprint density at radius 1 is 0.875 bits per heavy atom. The van der Waals surface area contributed by atoms with E-state index in [1.54, 1.807) is 7.05 Å². The van der Waals surface area contributed by atoms with Crippen LogP contribution in [0.15, 0.2) is 0 Å². The molecule has 0 aliphatic carbocycles. The van der Waals surface area contributed by atoms with Gasteiger partial charge in [-0.25, -0.2) is 10.3 Å². The lowest BCUT2D eigenvalue weighted by atomic mass is 10.0. The second-order valence-electron chi connectivity index (χ2n) is 5.64. The highest BCUT2D eigenvalue weighted by Gasteiger charge is 2.34. The summed E-state index contributed by atoms with van der Waals surface area (Å²) in [6.45, 7) is 11.4. The van der Waals surface area contributed by atoms with E-state index >= 15 is 0 Å². The van der Waals surface area contributed by atoms with Crippen LogP contribution in [0.3, 0.4) is 0 Å². The standard InChI is InChI=1S/C11H27N3O2/c1-8-10(3,4)13(15)12(7)14(16)11(5,6)9-2/h13-14H,8-9H2,1-7H3. The molecule has 0 fully saturated rings. The molecule has 2 unspecified atom stereocenters. The molecule has 0 aromatic heterocycles. The number of quaternary nitrogens is 2. The zero-order chi connectivity index (χ0) is 13.1. The summed E-state index contributed by atoms with van der Waals surface area (Å²) in [5.41, 5.74) is -0.928. The van der Waals surface area contributed by atoms with E-state index in [9.17, 15) is 10.4 Å². The summed E-state index contributed by atoms with van der Waals surface area (Å²) in [5, 5.41) is 25.3. The SMILES string of the molecule is CCC(C)(C)[NH+]([O-])N(C)[NH+]([O-])C(C)(C)CC. The second-order valence-corrected chi connectivity index (χ2v) is 5.64. The third kappa shape index (κ3) is 3.40. The van der Waals surface area contributed by atoms with Gasteiger partial charge in [0.25, 0.3) is 0 Å². The predicted molar refractivity (Wildman–Crippen MR) is 65.2 cm³/mol. The molecule has 2 atom stereocenters. The first-order valence-electron chi connectivity index (χ1n) is 5.92. The van der Waals surface area contributed by atoms with Crippen LogP contribution in [0.25, 0.3) is 0 Å². The van der Waals surface area contributed by atoms with Gasteiger partial charge in [-0.15, -0.1) is 0 Å². The maximum Gasteiger partial charge on any atom is 0.113 e. The fraction of sp³-hybridized carbons (Fsp3) is 1.00. The summed E-state index contributed by atoms with van der Waals surface area (Å²) >= 11 is 0. The quantitative estimate of drug-likeness (QED) is 0.629. The molecule has 0 amide bonds. The molecular weight excluding hydrogens is 206 g/mol. The van der Waals surface area contributed by atoms with Crippen molar-refractivity contribution in [1.82, 2.24) is 5.12 Å². The van der Waals surface area contributed by atoms with Gasteiger partial charge in [-0.05, 0) is 32.8 Å². The van der Waals surface area contributed by atoms with Crippen LogP contribution in [0.4, 0.5) is 0 Å². The van der Waals surface area contributed by atoms with Crippen molar-refractivity contribution in [1.29, 1.82) is 0 Å². The Bertz CT molecular complexity index is 197. The van der Waals surface area contributed by atoms with E-state index in [2.05, 4.69) is 0 Å². The molecular formula is C11H27N3O2. The van der Waals surface area contributed by atoms with Crippen molar-refractivity contribution in [3.05, 3.63) is 10.4 Å². The van der Waals surface area contributed by atoms with E-state index in [1.807, 2.05) is 41.5 Å². The van der Waals surface area contributed by atoms with Gasteiger partial charge in [-0.1, -0.05) is 13.8 Å². The van der Waals surface area contributed by atoms with E-state index in [1.165, 1.54) is 5.12 Å². The molecule has 98 valence electrons. The molecule has 0 aromatic carbocycles. The molecule has 0 bridgehead atoms. The topological polar surface area (TPSA) is 58.2 Å². The molecule has 0 saturated heterocycles. The first-order chi connectivity index (χ1) is 7.10. The van der Waals surface area contributed by atoms with Gasteiger partial charge in [0.2, 0.25) is 0 Å². The smallest absolute Gasteiger partial charge is 0.113 e. The van der Waals surface area contributed by atoms with Gasteiger partial charge in [0.15, 0.2) is 0 Å². The maximum atomic E-state index is 12.1. The van der Waals surface area contributed by atoms with Gasteiger partial charge in [0.1, 0.15) is 11.1 Å². The Hall–Kier alpha value is -0.200. The maximum absolute atomic E-state index is 12.1. The number of nitrogens with one attached hydrogen (secondary N) is 2. The van der Waals surface area contributed by atoms with Crippen LogP contribution in [-0.4, -0.2) is 23.2 Å². The number of hydrogen-bond donors (Lipinski definition) is 2. The zero-order valence-corrected chi connectivity index (χ0v) is 11.7. The molecule has 0 spiro atoms. The van der Waals surface area contributed by atoms with Gasteiger partial charge in [-0.3, -0.25) is 0 Å². The minimum absolute atomic E-state index is 0.0958. The molecule has 0 aliphatic rings. The van der Waals surface area contributed by atoms with Gasteiger partial charge < -0.3 is 10.4 Å². The average molecular weight is 233 g/mol. The summed E-state index contributed by atoms with van der Waals surface area (Å²) in [4.78, 5) is 0. The van der Waals surface area contributed by atoms with Crippen LogP contribution in [0.2, 0.25) is 0 Å². The number of hydroxylamine groups is 2. The first kappa shape index (κ1) is 15.8. The fourth-order valence-electron chi connectivity index (χ4n) is 1.30. The van der Waals surface area contributed by atoms with Gasteiger partial charge in [0, 0.05) is 12.8 Å². The summed E-state index contributed by atoms with van der Waals surface area (Å²) in [6, 6.07) is 0. The zero-order valence-electron chi connectivity index (χ0n) is 11.7. The molecule has 0 saturated carbocycles. The third-order valence-electron chi connectivity index (χ3n) is 3.53. The Kier molecular flexibility index (Phi) is 5.35. The molecule has 5 heteroatoms. The molecule has 2 N–H and O–H groups in total. The minimum atomic E-state index is -0.464. The van der Waals surface area contributed by atoms with Gasteiger partial charge in [0.05, 0.1) is 7.05 Å². The first-order valence-corrected chi connectivity index (χ1v) is 5.92. The summed E-state index contributed by atoms with van der Waals surface area (Å²) in [6.07, 6.45) is 1.46. The van der Waals surface area contributed by atoms with Crippen LogP contribution < -0.4 is 10.3 Å². The van der Waals surface area contributed by atoms with Crippen LogP contribution >= 0.6 is 0 Å². The highest BCUT2D eigenvalue weighted by atomic mass is 16.6. The molecule has 16 heavy (non-hydrogen) atoms. The third-order valence-corrected chi connectivity index (χ3v) is 3.53. The normalized spacial score (nSPS) is 17.6. The summed E-state index contributed by atoms with van der Waals surface area (Å²) in [7, 11) is 1.58. The fourth-order valence-corrected chi connectivity index (χ4v) is 1.30. The average Bonchev–Trinajstić information content (AvgIpc) is 2.25. The van der Waals surface area contributed by atoms with Crippen LogP contribution in [0.1, 0.15) is 54.4 Å². The van der Waals surface area contributed by atoms with Gasteiger partial charge >= 0.3 is 0 Å². The van der Waals surface area contributed by atoms with Crippen molar-refractivity contribution in [2.45, 2.75) is 65.5 Å². The Morgan fingerprint density at radius 3 is 1.31 bits per heavy atom. The molecule has 0 radical (unpaired) electrons. The van der Waals surface area contributed by atoms with E-state index in [4.69, 9.17) is 0 Å². The Balaban J connectivity index is 4.74. The van der Waals surface area contributed by atoms with E-state index in [0.29, 0.717) is 0 Å². The Labute approximate surface area is 99.1 Å². The van der Waals surface area contributed by atoms with Gasteiger partial charge in [-0.2, -0.15) is 0 Å². The predicted octanol–water partition coefficient (Wildman–Crippen LogP) is -0.109. The number of nitrogens with zero attached hydrogens (tertiary/aromatic N) is 1. The lowest BCUT2D eigenvalue weighted by molar-refractivity contribution is -1.24. The van der Waals surface area contributed by atoms with E-state index in [-0.39, 0.29) is 10.3 Å². The van der Waals surface area contributed by atoms with E-state index < -0.39 is 11.1 Å². The van der Waals surface area contributed by atoms with Crippen molar-refractivity contribution in [3.8, 4) is 0 Å². The highest BCUT2D eigenvalue weighted by Crippen LogP contribution is 2.03. The Morgan fingerprint density at radius 2 is 1.12 bits per heavy atom. The molecule has 5 nitrogen and oxygen atoms in total. The number of rotatable bonds is 6. The van der Waals surface area contributed by atoms with Crippen molar-refractivity contribution in [2.75, 3.05) is 7.05 Å². The van der Waals surface area contributed by atoms with Crippen molar-refractivity contribution in [2.24, 2.45) is 0 Å². The van der Waals surface area contributed by atoms with Crippen molar-refractivity contribution < 1.29 is 10.3 Å². The molecule has 0 rings (SSSR count). The highest BCUT2D eigenvalue weighted by molar-refractivity contribution is 4.63. The van der Waals surface area contributed by atoms with Crippen LogP contribution in [0, 0.1) is 10.4 Å². The minimum Gasteiger partial charge on any atom is -0.609 e. The largest absolute Gasteiger partial charge is 0.609 e. The van der Waals surface area contributed by atoms with Crippen molar-refractivity contribution in [3.63, 3.8) is 0 Å². The number of hydrogen-bond acceptors (Lipinski definition) is 3. The summed E-state index contributed by atoms with van der Waals surface area (Å²) in [5.74, 6) is 0.